The number of benzene rings is 3. The molecule has 2 heterocycles. The maximum absolute atomic E-state index is 14.2. The minimum absolute atomic E-state index is 0.199. The van der Waals surface area contributed by atoms with Crippen molar-refractivity contribution in [1.82, 2.24) is 25.1 Å². The number of halogens is 1. The van der Waals surface area contributed by atoms with Crippen molar-refractivity contribution in [2.24, 2.45) is 7.05 Å². The summed E-state index contributed by atoms with van der Waals surface area (Å²) in [6.07, 6.45) is 2.94. The van der Waals surface area contributed by atoms with Crippen molar-refractivity contribution < 1.29 is 18.7 Å². The van der Waals surface area contributed by atoms with E-state index >= 15 is 0 Å². The van der Waals surface area contributed by atoms with Gasteiger partial charge in [0, 0.05) is 30.8 Å². The highest BCUT2D eigenvalue weighted by molar-refractivity contribution is 5.85. The van der Waals surface area contributed by atoms with Gasteiger partial charge >= 0.3 is 0 Å². The zero-order chi connectivity index (χ0) is 25.5. The Morgan fingerprint density at radius 3 is 2.70 bits per heavy atom. The number of methoxy groups -OCH3 is 1. The molecule has 1 saturated carbocycles. The van der Waals surface area contributed by atoms with Gasteiger partial charge in [0.05, 0.1) is 13.2 Å². The number of aliphatic hydroxyl groups is 1. The third-order valence-corrected chi connectivity index (χ3v) is 6.80. The third-order valence-electron chi connectivity index (χ3n) is 6.80. The normalized spacial score (nSPS) is 17.2. The molecule has 0 aliphatic heterocycles. The Bertz CT molecular complexity index is 1590. The molecule has 1 aliphatic carbocycles. The van der Waals surface area contributed by atoms with Gasteiger partial charge in [0.1, 0.15) is 17.7 Å². The standard InChI is InChI=1S/C28H26FN5O3/c1-34-15-31-33-27(34)23-11-19(29)6-7-22(23)17-4-3-5-18(10-17)28-32-24-8-16(9-25(36-2)26(24)37-28)14-30-20-12-21(35)13-20/h3-11,15,20-21,30,35H,12-14H2,1-2H3/t20-,21-. The van der Waals surface area contributed by atoms with Gasteiger partial charge in [-0.05, 0) is 65.9 Å². The topological polar surface area (TPSA) is 98.2 Å². The summed E-state index contributed by atoms with van der Waals surface area (Å²) < 4.78 is 27.7. The van der Waals surface area contributed by atoms with Crippen molar-refractivity contribution in [3.63, 3.8) is 0 Å². The van der Waals surface area contributed by atoms with Crippen LogP contribution in [0, 0.1) is 5.82 Å². The average molecular weight is 500 g/mol. The number of aliphatic hydroxyl groups excluding tert-OH is 1. The molecule has 0 saturated heterocycles. The fraction of sp³-hybridized carbons (Fsp3) is 0.250. The van der Waals surface area contributed by atoms with Crippen LogP contribution in [0.4, 0.5) is 4.39 Å². The first-order chi connectivity index (χ1) is 18.0. The van der Waals surface area contributed by atoms with E-state index in [2.05, 4.69) is 15.5 Å². The smallest absolute Gasteiger partial charge is 0.227 e. The fourth-order valence-corrected chi connectivity index (χ4v) is 4.75. The number of nitrogens with zero attached hydrogens (tertiary/aromatic N) is 4. The highest BCUT2D eigenvalue weighted by atomic mass is 19.1. The van der Waals surface area contributed by atoms with E-state index in [0.717, 1.165) is 35.1 Å². The van der Waals surface area contributed by atoms with E-state index in [9.17, 15) is 9.50 Å². The highest BCUT2D eigenvalue weighted by Crippen LogP contribution is 2.36. The summed E-state index contributed by atoms with van der Waals surface area (Å²) in [5.74, 6) is 1.30. The summed E-state index contributed by atoms with van der Waals surface area (Å²) in [5, 5.41) is 21.1. The summed E-state index contributed by atoms with van der Waals surface area (Å²) >= 11 is 0. The lowest BCUT2D eigenvalue weighted by atomic mass is 9.89. The minimum atomic E-state index is -0.345. The van der Waals surface area contributed by atoms with Crippen LogP contribution in [-0.4, -0.2) is 44.1 Å². The minimum Gasteiger partial charge on any atom is -0.493 e. The van der Waals surface area contributed by atoms with E-state index in [0.29, 0.717) is 46.7 Å². The van der Waals surface area contributed by atoms with E-state index in [1.54, 1.807) is 24.1 Å². The highest BCUT2D eigenvalue weighted by Gasteiger charge is 2.26. The Kier molecular flexibility index (Phi) is 5.94. The molecule has 1 fully saturated rings. The zero-order valence-corrected chi connectivity index (χ0v) is 20.5. The van der Waals surface area contributed by atoms with Crippen LogP contribution in [0.15, 0.2) is 65.3 Å². The van der Waals surface area contributed by atoms with Gasteiger partial charge in [-0.3, -0.25) is 0 Å². The van der Waals surface area contributed by atoms with E-state index < -0.39 is 0 Å². The molecule has 188 valence electrons. The molecule has 8 nitrogen and oxygen atoms in total. The Morgan fingerprint density at radius 2 is 1.95 bits per heavy atom. The van der Waals surface area contributed by atoms with Crippen molar-refractivity contribution in [3.05, 3.63) is 72.3 Å². The lowest BCUT2D eigenvalue weighted by Crippen LogP contribution is -2.43. The number of ether oxygens (including phenoxy) is 1. The van der Waals surface area contributed by atoms with Crippen LogP contribution < -0.4 is 10.1 Å². The molecule has 1 aliphatic rings. The monoisotopic (exact) mass is 499 g/mol. The molecule has 0 unspecified atom stereocenters. The second-order valence-corrected chi connectivity index (χ2v) is 9.40. The van der Waals surface area contributed by atoms with Crippen molar-refractivity contribution in [2.45, 2.75) is 31.5 Å². The van der Waals surface area contributed by atoms with Gasteiger partial charge in [-0.15, -0.1) is 10.2 Å². The molecule has 2 N–H and O–H groups in total. The quantitative estimate of drug-likeness (QED) is 0.334. The number of hydrogen-bond acceptors (Lipinski definition) is 7. The van der Waals surface area contributed by atoms with Crippen molar-refractivity contribution >= 4 is 11.1 Å². The maximum atomic E-state index is 14.2. The number of aryl methyl sites for hydroxylation is 1. The maximum Gasteiger partial charge on any atom is 0.227 e. The summed E-state index contributed by atoms with van der Waals surface area (Å²) in [4.78, 5) is 4.76. The van der Waals surface area contributed by atoms with Crippen LogP contribution in [0.1, 0.15) is 18.4 Å². The van der Waals surface area contributed by atoms with Crippen LogP contribution in [-0.2, 0) is 13.6 Å². The fourth-order valence-electron chi connectivity index (χ4n) is 4.75. The van der Waals surface area contributed by atoms with Gasteiger partial charge in [-0.25, -0.2) is 9.37 Å². The van der Waals surface area contributed by atoms with Crippen LogP contribution >= 0.6 is 0 Å². The molecule has 6 rings (SSSR count). The van der Waals surface area contributed by atoms with E-state index in [1.165, 1.54) is 12.1 Å². The molecular formula is C28H26FN5O3. The Morgan fingerprint density at radius 1 is 1.11 bits per heavy atom. The number of fused-ring (bicyclic) bond motifs is 1. The summed E-state index contributed by atoms with van der Waals surface area (Å²) in [5.41, 5.74) is 5.43. The molecule has 3 aromatic carbocycles. The average Bonchev–Trinajstić information content (AvgIpc) is 3.51. The molecule has 0 atom stereocenters. The van der Waals surface area contributed by atoms with Crippen molar-refractivity contribution in [3.8, 4) is 39.7 Å². The third kappa shape index (κ3) is 4.47. The molecule has 5 aromatic rings. The number of aromatic nitrogens is 4. The Labute approximate surface area is 212 Å². The first kappa shape index (κ1) is 23.3. The lowest BCUT2D eigenvalue weighted by molar-refractivity contribution is 0.0619. The van der Waals surface area contributed by atoms with Gasteiger partial charge in [0.15, 0.2) is 17.2 Å². The van der Waals surface area contributed by atoms with Crippen LogP contribution in [0.2, 0.25) is 0 Å². The van der Waals surface area contributed by atoms with Crippen molar-refractivity contribution in [2.75, 3.05) is 7.11 Å². The van der Waals surface area contributed by atoms with Gasteiger partial charge < -0.3 is 24.1 Å². The van der Waals surface area contributed by atoms with E-state index in [1.807, 2.05) is 43.4 Å². The summed E-state index contributed by atoms with van der Waals surface area (Å²) in [6, 6.07) is 16.7. The zero-order valence-electron chi connectivity index (χ0n) is 20.5. The summed E-state index contributed by atoms with van der Waals surface area (Å²) in [7, 11) is 3.44. The first-order valence-electron chi connectivity index (χ1n) is 12.1. The second-order valence-electron chi connectivity index (χ2n) is 9.40. The molecule has 0 spiro atoms. The van der Waals surface area contributed by atoms with Crippen LogP contribution in [0.25, 0.3) is 45.1 Å². The van der Waals surface area contributed by atoms with Gasteiger partial charge in [-0.2, -0.15) is 0 Å². The van der Waals surface area contributed by atoms with Crippen LogP contribution in [0.5, 0.6) is 5.75 Å². The SMILES string of the molecule is COc1cc(CN[C@H]2C[C@H](O)C2)cc2nc(-c3cccc(-c4ccc(F)cc4-c4nncn4C)c3)oc12. The number of hydrogen-bond donors (Lipinski definition) is 2. The predicted octanol–water partition coefficient (Wildman–Crippen LogP) is 4.72. The Balaban J connectivity index is 1.35. The van der Waals surface area contributed by atoms with E-state index in [-0.39, 0.29) is 11.9 Å². The van der Waals surface area contributed by atoms with Crippen LogP contribution in [0.3, 0.4) is 0 Å². The summed E-state index contributed by atoms with van der Waals surface area (Å²) in [6.45, 7) is 0.650. The Hall–Kier alpha value is -4.08. The van der Waals surface area contributed by atoms with Crippen molar-refractivity contribution in [1.29, 1.82) is 0 Å². The molecule has 37 heavy (non-hydrogen) atoms. The van der Waals surface area contributed by atoms with Gasteiger partial charge in [0.2, 0.25) is 5.89 Å². The molecule has 0 bridgehead atoms. The number of nitrogens with one attached hydrogen (secondary N) is 1. The number of rotatable bonds is 7. The lowest BCUT2D eigenvalue weighted by Gasteiger charge is -2.32. The number of oxazole rings is 1. The molecular weight excluding hydrogens is 473 g/mol. The largest absolute Gasteiger partial charge is 0.493 e. The van der Waals surface area contributed by atoms with Gasteiger partial charge in [-0.1, -0.05) is 18.2 Å². The molecule has 0 radical (unpaired) electrons. The molecule has 0 amide bonds. The molecule has 9 heteroatoms. The first-order valence-corrected chi connectivity index (χ1v) is 12.1. The second kappa shape index (κ2) is 9.42. The predicted molar refractivity (Wildman–Crippen MR) is 137 cm³/mol. The van der Waals surface area contributed by atoms with E-state index in [4.69, 9.17) is 14.1 Å². The molecule has 2 aromatic heterocycles. The van der Waals surface area contributed by atoms with Gasteiger partial charge in [0.25, 0.3) is 0 Å².